The lowest BCUT2D eigenvalue weighted by molar-refractivity contribution is -0.122. The zero-order valence-electron chi connectivity index (χ0n) is 22.2. The summed E-state index contributed by atoms with van der Waals surface area (Å²) < 4.78 is 21.9. The molecule has 1 aliphatic rings. The Morgan fingerprint density at radius 1 is 0.949 bits per heavy atom. The number of unbranched alkanes of at least 4 members (excludes halogenated alkanes) is 9. The van der Waals surface area contributed by atoms with Crippen LogP contribution < -0.4 is 10.3 Å². The van der Waals surface area contributed by atoms with E-state index in [1.54, 1.807) is 41.4 Å². The van der Waals surface area contributed by atoms with Gasteiger partial charge >= 0.3 is 0 Å². The second-order valence-corrected chi connectivity index (χ2v) is 11.3. The average Bonchev–Trinajstić information content (AvgIpc) is 3.20. The second kappa shape index (κ2) is 14.4. The fourth-order valence-corrected chi connectivity index (χ4v) is 5.79. The number of hydrogen-bond donors (Lipinski definition) is 0. The number of aromatic nitrogens is 2. The number of fused-ring (bicyclic) bond motifs is 1. The van der Waals surface area contributed by atoms with Gasteiger partial charge in [-0.25, -0.2) is 4.39 Å². The molecule has 3 heterocycles. The Hall–Kier alpha value is -3.04. The van der Waals surface area contributed by atoms with Gasteiger partial charge in [0.1, 0.15) is 15.5 Å². The van der Waals surface area contributed by atoms with Crippen LogP contribution in [-0.2, 0) is 4.79 Å². The van der Waals surface area contributed by atoms with E-state index < -0.39 is 11.4 Å². The summed E-state index contributed by atoms with van der Waals surface area (Å²) in [6, 6.07) is 11.0. The van der Waals surface area contributed by atoms with Crippen LogP contribution in [0, 0.1) is 5.82 Å². The van der Waals surface area contributed by atoms with Crippen LogP contribution in [0.4, 0.5) is 4.39 Å². The van der Waals surface area contributed by atoms with Crippen LogP contribution in [0.25, 0.3) is 11.7 Å². The molecule has 0 radical (unpaired) electrons. The molecule has 0 unspecified atom stereocenters. The normalized spacial score (nSPS) is 14.6. The van der Waals surface area contributed by atoms with Gasteiger partial charge in [-0.2, -0.15) is 4.98 Å². The Bertz CT molecular complexity index is 1410. The van der Waals surface area contributed by atoms with Gasteiger partial charge in [-0.05, 0) is 36.8 Å². The largest absolute Gasteiger partial charge is 0.435 e. The van der Waals surface area contributed by atoms with E-state index in [1.165, 1.54) is 67.6 Å². The molecule has 0 bridgehead atoms. The van der Waals surface area contributed by atoms with Gasteiger partial charge in [-0.15, -0.1) is 0 Å². The quantitative estimate of drug-likeness (QED) is 0.113. The minimum atomic E-state index is -0.582. The van der Waals surface area contributed by atoms with Crippen molar-refractivity contribution in [2.45, 2.75) is 71.1 Å². The summed E-state index contributed by atoms with van der Waals surface area (Å²) in [6.45, 7) is 2.78. The van der Waals surface area contributed by atoms with E-state index >= 15 is 0 Å². The number of amides is 1. The van der Waals surface area contributed by atoms with E-state index in [9.17, 15) is 14.0 Å². The summed E-state index contributed by atoms with van der Waals surface area (Å²) in [5, 5.41) is 0. The van der Waals surface area contributed by atoms with E-state index in [0.717, 1.165) is 31.0 Å². The Kier molecular flexibility index (Phi) is 10.7. The highest BCUT2D eigenvalue weighted by molar-refractivity contribution is 8.26. The number of thiocarbonyl (C=S) groups is 1. The zero-order chi connectivity index (χ0) is 27.6. The van der Waals surface area contributed by atoms with E-state index in [0.29, 0.717) is 21.4 Å². The summed E-state index contributed by atoms with van der Waals surface area (Å²) in [5.41, 5.74) is -0.0206. The minimum absolute atomic E-state index is 0.0568. The molecule has 1 amide bonds. The number of pyridine rings is 1. The molecule has 1 aliphatic heterocycles. The molecular weight excluding hydrogens is 533 g/mol. The summed E-state index contributed by atoms with van der Waals surface area (Å²) in [6.07, 6.45) is 15.1. The maximum absolute atomic E-state index is 14.3. The Morgan fingerprint density at radius 3 is 2.33 bits per heavy atom. The SMILES string of the molecule is CCCCCCCCCCCCN1C(=O)/C(=C\c2c(Oc3ccccc3F)nc3ccccn3c2=O)SC1=S. The van der Waals surface area contributed by atoms with Crippen molar-refractivity contribution in [3.05, 3.63) is 75.3 Å². The van der Waals surface area contributed by atoms with Crippen molar-refractivity contribution in [1.82, 2.24) is 14.3 Å². The molecule has 0 N–H and O–H groups in total. The molecule has 3 aromatic rings. The predicted molar refractivity (Wildman–Crippen MR) is 160 cm³/mol. The lowest BCUT2D eigenvalue weighted by Gasteiger charge is -2.14. The van der Waals surface area contributed by atoms with Gasteiger partial charge in [0.25, 0.3) is 11.5 Å². The third kappa shape index (κ3) is 7.54. The molecular formula is C30H34FN3O3S2. The standard InChI is InChI=1S/C30H34FN3O3S2/c1-2-3-4-5-6-7-8-9-10-14-20-34-29(36)25(39-30(34)38)21-22-27(37-24-17-12-11-16-23(24)31)32-26-18-13-15-19-33(26)28(22)35/h11-13,15-19,21H,2-10,14,20H2,1H3/b25-21+. The molecule has 39 heavy (non-hydrogen) atoms. The van der Waals surface area contributed by atoms with Gasteiger partial charge in [0.15, 0.2) is 11.6 Å². The number of carbonyl (C=O) groups excluding carboxylic acids is 1. The van der Waals surface area contributed by atoms with Crippen molar-refractivity contribution in [3.63, 3.8) is 0 Å². The molecule has 1 aromatic carbocycles. The van der Waals surface area contributed by atoms with E-state index in [-0.39, 0.29) is 23.1 Å². The first-order valence-corrected chi connectivity index (χ1v) is 14.9. The topological polar surface area (TPSA) is 63.9 Å². The van der Waals surface area contributed by atoms with Crippen molar-refractivity contribution >= 4 is 45.9 Å². The number of thioether (sulfide) groups is 1. The maximum Gasteiger partial charge on any atom is 0.269 e. The van der Waals surface area contributed by atoms with Crippen molar-refractivity contribution in [2.24, 2.45) is 0 Å². The third-order valence-electron chi connectivity index (χ3n) is 6.66. The molecule has 206 valence electrons. The number of ether oxygens (including phenoxy) is 1. The molecule has 0 atom stereocenters. The van der Waals surface area contributed by atoms with Crippen LogP contribution in [0.5, 0.6) is 11.6 Å². The molecule has 0 spiro atoms. The number of benzene rings is 1. The highest BCUT2D eigenvalue weighted by Gasteiger charge is 2.32. The number of carbonyl (C=O) groups is 1. The molecule has 0 aliphatic carbocycles. The molecule has 9 heteroatoms. The van der Waals surface area contributed by atoms with Gasteiger partial charge < -0.3 is 4.74 Å². The lowest BCUT2D eigenvalue weighted by atomic mass is 10.1. The van der Waals surface area contributed by atoms with E-state index in [1.807, 2.05) is 0 Å². The number of rotatable bonds is 14. The Morgan fingerprint density at radius 2 is 1.62 bits per heavy atom. The maximum atomic E-state index is 14.3. The van der Waals surface area contributed by atoms with Crippen molar-refractivity contribution in [3.8, 4) is 11.6 Å². The second-order valence-electron chi connectivity index (χ2n) is 9.61. The molecule has 2 aromatic heterocycles. The number of halogens is 1. The number of nitrogens with zero attached hydrogens (tertiary/aromatic N) is 3. The smallest absolute Gasteiger partial charge is 0.269 e. The third-order valence-corrected chi connectivity index (χ3v) is 8.04. The van der Waals surface area contributed by atoms with Crippen LogP contribution >= 0.6 is 24.0 Å². The minimum Gasteiger partial charge on any atom is -0.435 e. The van der Waals surface area contributed by atoms with Gasteiger partial charge in [0.2, 0.25) is 5.88 Å². The van der Waals surface area contributed by atoms with E-state index in [4.69, 9.17) is 17.0 Å². The average molecular weight is 568 g/mol. The van der Waals surface area contributed by atoms with Crippen LogP contribution in [0.1, 0.15) is 76.7 Å². The number of hydrogen-bond acceptors (Lipinski definition) is 6. The first-order chi connectivity index (χ1) is 19.0. The molecule has 1 fully saturated rings. The van der Waals surface area contributed by atoms with Crippen molar-refractivity contribution < 1.29 is 13.9 Å². The van der Waals surface area contributed by atoms with Gasteiger partial charge in [-0.3, -0.25) is 18.9 Å². The fraction of sp³-hybridized carbons (Fsp3) is 0.400. The van der Waals surface area contributed by atoms with Gasteiger partial charge in [0, 0.05) is 12.7 Å². The van der Waals surface area contributed by atoms with Crippen LogP contribution in [-0.4, -0.2) is 31.1 Å². The molecule has 4 rings (SSSR count). The highest BCUT2D eigenvalue weighted by atomic mass is 32.2. The van der Waals surface area contributed by atoms with E-state index in [2.05, 4.69) is 11.9 Å². The monoisotopic (exact) mass is 567 g/mol. The Labute approximate surface area is 238 Å². The lowest BCUT2D eigenvalue weighted by Crippen LogP contribution is -2.29. The van der Waals surface area contributed by atoms with Crippen LogP contribution in [0.15, 0.2) is 58.4 Å². The van der Waals surface area contributed by atoms with Gasteiger partial charge in [0.05, 0.1) is 4.91 Å². The molecule has 0 saturated carbocycles. The fourth-order valence-electron chi connectivity index (χ4n) is 4.50. The zero-order valence-corrected chi connectivity index (χ0v) is 23.9. The van der Waals surface area contributed by atoms with Crippen molar-refractivity contribution in [2.75, 3.05) is 6.54 Å². The van der Waals surface area contributed by atoms with Crippen LogP contribution in [0.2, 0.25) is 0 Å². The summed E-state index contributed by atoms with van der Waals surface area (Å²) in [4.78, 5) is 33.0. The predicted octanol–water partition coefficient (Wildman–Crippen LogP) is 7.75. The first-order valence-electron chi connectivity index (χ1n) is 13.7. The molecule has 1 saturated heterocycles. The summed E-state index contributed by atoms with van der Waals surface area (Å²) in [5.74, 6) is -0.958. The van der Waals surface area contributed by atoms with Crippen molar-refractivity contribution in [1.29, 1.82) is 0 Å². The first kappa shape index (κ1) is 29.0. The summed E-state index contributed by atoms with van der Waals surface area (Å²) in [7, 11) is 0. The highest BCUT2D eigenvalue weighted by Crippen LogP contribution is 2.34. The summed E-state index contributed by atoms with van der Waals surface area (Å²) >= 11 is 6.65. The number of para-hydroxylation sites is 1. The van der Waals surface area contributed by atoms with Crippen LogP contribution in [0.3, 0.4) is 0 Å². The Balaban J connectivity index is 1.45. The van der Waals surface area contributed by atoms with Gasteiger partial charge in [-0.1, -0.05) is 107 Å². The molecule has 6 nitrogen and oxygen atoms in total.